The quantitative estimate of drug-likeness (QED) is 0.567. The maximum atomic E-state index is 10.2. The largest absolute Gasteiger partial charge is 0.507 e. The van der Waals surface area contributed by atoms with Gasteiger partial charge in [0.15, 0.2) is 0 Å². The van der Waals surface area contributed by atoms with Crippen molar-refractivity contribution in [3.63, 3.8) is 0 Å². The number of benzene rings is 2. The number of fused-ring (bicyclic) bond motifs is 1. The lowest BCUT2D eigenvalue weighted by molar-refractivity contribution is 0.426. The summed E-state index contributed by atoms with van der Waals surface area (Å²) in [5, 5.41) is 16.1. The van der Waals surface area contributed by atoms with Crippen molar-refractivity contribution in [2.24, 2.45) is 0 Å². The number of nitrogens with zero attached hydrogens (tertiary/aromatic N) is 3. The molecule has 0 aliphatic carbocycles. The molecule has 0 aliphatic heterocycles. The Balaban J connectivity index is 1.90. The number of aromatic hydroxyl groups is 1. The molecule has 2 aromatic carbocycles. The Kier molecular flexibility index (Phi) is 3.31. The van der Waals surface area contributed by atoms with Crippen molar-refractivity contribution in [2.75, 3.05) is 0 Å². The van der Waals surface area contributed by atoms with Gasteiger partial charge in [-0.3, -0.25) is 4.98 Å². The Morgan fingerprint density at radius 3 is 2.74 bits per heavy atom. The molecule has 0 amide bonds. The first-order valence-electron chi connectivity index (χ1n) is 6.90. The number of phenolic OH excluding ortho intramolecular Hbond substituents is 1. The van der Waals surface area contributed by atoms with Crippen molar-refractivity contribution in [3.8, 4) is 28.7 Å². The van der Waals surface area contributed by atoms with Crippen LogP contribution >= 0.6 is 15.9 Å². The lowest BCUT2D eigenvalue weighted by Crippen LogP contribution is -1.87. The molecule has 2 aromatic heterocycles. The van der Waals surface area contributed by atoms with Crippen LogP contribution in [-0.4, -0.2) is 20.2 Å². The third kappa shape index (κ3) is 2.37. The van der Waals surface area contributed by atoms with E-state index in [2.05, 4.69) is 31.1 Å². The third-order valence-corrected chi connectivity index (χ3v) is 4.16. The minimum absolute atomic E-state index is 0.0963. The van der Waals surface area contributed by atoms with Crippen LogP contribution in [0.5, 0.6) is 5.75 Å². The van der Waals surface area contributed by atoms with Gasteiger partial charge in [-0.05, 0) is 44.9 Å². The number of halogens is 1. The van der Waals surface area contributed by atoms with Crippen LogP contribution in [0.4, 0.5) is 0 Å². The van der Waals surface area contributed by atoms with Gasteiger partial charge >= 0.3 is 0 Å². The molecule has 5 nitrogen and oxygen atoms in total. The van der Waals surface area contributed by atoms with E-state index in [9.17, 15) is 5.11 Å². The summed E-state index contributed by atoms with van der Waals surface area (Å²) < 4.78 is 6.14. The molecular formula is C17H10BrN3O2. The van der Waals surface area contributed by atoms with Crippen LogP contribution < -0.4 is 0 Å². The summed E-state index contributed by atoms with van der Waals surface area (Å²) in [5.74, 6) is 0.714. The van der Waals surface area contributed by atoms with Gasteiger partial charge in [-0.25, -0.2) is 0 Å². The normalized spacial score (nSPS) is 11.0. The fraction of sp³-hybridized carbons (Fsp3) is 0. The van der Waals surface area contributed by atoms with E-state index in [1.807, 2.05) is 42.5 Å². The van der Waals surface area contributed by atoms with Gasteiger partial charge in [-0.1, -0.05) is 35.5 Å². The first-order chi connectivity index (χ1) is 11.2. The van der Waals surface area contributed by atoms with Gasteiger partial charge in [-0.15, -0.1) is 0 Å². The molecule has 1 N–H and O–H groups in total. The fourth-order valence-electron chi connectivity index (χ4n) is 2.46. The van der Waals surface area contributed by atoms with E-state index in [1.165, 1.54) is 0 Å². The predicted molar refractivity (Wildman–Crippen MR) is 89.8 cm³/mol. The molecule has 23 heavy (non-hydrogen) atoms. The van der Waals surface area contributed by atoms with E-state index in [4.69, 9.17) is 4.52 Å². The summed E-state index contributed by atoms with van der Waals surface area (Å²) in [6.07, 6.45) is 1.66. The average molecular weight is 368 g/mol. The highest BCUT2D eigenvalue weighted by molar-refractivity contribution is 9.10. The minimum atomic E-state index is 0.0963. The fourth-order valence-corrected chi connectivity index (χ4v) is 2.89. The Labute approximate surface area is 139 Å². The molecule has 0 spiro atoms. The number of hydrogen-bond acceptors (Lipinski definition) is 5. The molecular weight excluding hydrogens is 358 g/mol. The minimum Gasteiger partial charge on any atom is -0.507 e. The van der Waals surface area contributed by atoms with Crippen molar-refractivity contribution < 1.29 is 9.63 Å². The highest BCUT2D eigenvalue weighted by Gasteiger charge is 2.18. The molecule has 0 aliphatic rings. The number of rotatable bonds is 2. The molecule has 0 atom stereocenters. The van der Waals surface area contributed by atoms with E-state index in [0.717, 1.165) is 15.2 Å². The summed E-state index contributed by atoms with van der Waals surface area (Å²) in [7, 11) is 0. The molecule has 6 heteroatoms. The maximum Gasteiger partial charge on any atom is 0.262 e. The second kappa shape index (κ2) is 5.48. The third-order valence-electron chi connectivity index (χ3n) is 3.52. The first kappa shape index (κ1) is 13.9. The van der Waals surface area contributed by atoms with Gasteiger partial charge in [0.2, 0.25) is 5.82 Å². The van der Waals surface area contributed by atoms with Crippen LogP contribution in [0.3, 0.4) is 0 Å². The molecule has 112 valence electrons. The zero-order chi connectivity index (χ0) is 15.8. The van der Waals surface area contributed by atoms with E-state index in [1.54, 1.807) is 12.3 Å². The number of aromatic nitrogens is 3. The van der Waals surface area contributed by atoms with Gasteiger partial charge in [0.05, 0.1) is 5.56 Å². The molecule has 4 rings (SSSR count). The van der Waals surface area contributed by atoms with E-state index in [-0.39, 0.29) is 11.6 Å². The molecule has 0 saturated heterocycles. The van der Waals surface area contributed by atoms with Crippen molar-refractivity contribution >= 4 is 26.7 Å². The van der Waals surface area contributed by atoms with Crippen LogP contribution in [0.2, 0.25) is 0 Å². The van der Waals surface area contributed by atoms with Crippen LogP contribution in [-0.2, 0) is 0 Å². The molecule has 0 bridgehead atoms. The second-order valence-corrected chi connectivity index (χ2v) is 5.79. The van der Waals surface area contributed by atoms with Crippen LogP contribution in [0, 0.1) is 0 Å². The Hall–Kier alpha value is -2.73. The van der Waals surface area contributed by atoms with Gasteiger partial charge in [0.25, 0.3) is 5.89 Å². The number of phenols is 1. The van der Waals surface area contributed by atoms with E-state index < -0.39 is 0 Å². The topological polar surface area (TPSA) is 72.0 Å². The van der Waals surface area contributed by atoms with Gasteiger partial charge in [0, 0.05) is 10.7 Å². The van der Waals surface area contributed by atoms with Crippen molar-refractivity contribution in [2.45, 2.75) is 0 Å². The first-order valence-corrected chi connectivity index (χ1v) is 7.69. The van der Waals surface area contributed by atoms with E-state index >= 15 is 0 Å². The summed E-state index contributed by atoms with van der Waals surface area (Å²) in [6, 6.07) is 14.8. The predicted octanol–water partition coefficient (Wildman–Crippen LogP) is 4.42. The maximum absolute atomic E-state index is 10.2. The van der Waals surface area contributed by atoms with Crippen molar-refractivity contribution in [1.29, 1.82) is 0 Å². The molecule has 0 unspecified atom stereocenters. The molecule has 0 saturated carbocycles. The number of hydrogen-bond donors (Lipinski definition) is 1. The number of pyridine rings is 1. The summed E-state index contributed by atoms with van der Waals surface area (Å²) >= 11 is 3.42. The smallest absolute Gasteiger partial charge is 0.262 e. The molecule has 0 fully saturated rings. The van der Waals surface area contributed by atoms with Crippen LogP contribution in [0.1, 0.15) is 0 Å². The standard InChI is InChI=1S/C17H10BrN3O2/c18-12-6-3-9-19-15(12)16-20-17(23-21-16)14-11-5-2-1-4-10(11)7-8-13(14)22/h1-9,22H. The lowest BCUT2D eigenvalue weighted by Gasteiger charge is -2.04. The summed E-state index contributed by atoms with van der Waals surface area (Å²) in [6.45, 7) is 0. The lowest BCUT2D eigenvalue weighted by atomic mass is 10.0. The monoisotopic (exact) mass is 367 g/mol. The van der Waals surface area contributed by atoms with E-state index in [0.29, 0.717) is 17.1 Å². The van der Waals surface area contributed by atoms with Gasteiger partial charge in [-0.2, -0.15) is 4.98 Å². The molecule has 0 radical (unpaired) electrons. The average Bonchev–Trinajstić information content (AvgIpc) is 3.04. The molecule has 4 aromatic rings. The zero-order valence-corrected chi connectivity index (χ0v) is 13.4. The van der Waals surface area contributed by atoms with Crippen molar-refractivity contribution in [3.05, 3.63) is 59.2 Å². The zero-order valence-electron chi connectivity index (χ0n) is 11.8. The Bertz CT molecular complexity index is 1010. The second-order valence-electron chi connectivity index (χ2n) is 4.94. The Morgan fingerprint density at radius 1 is 1.00 bits per heavy atom. The highest BCUT2D eigenvalue weighted by Crippen LogP contribution is 2.36. The van der Waals surface area contributed by atoms with Crippen LogP contribution in [0.15, 0.2) is 63.7 Å². The SMILES string of the molecule is Oc1ccc2ccccc2c1-c1nc(-c2ncccc2Br)no1. The molecule has 2 heterocycles. The highest BCUT2D eigenvalue weighted by atomic mass is 79.9. The Morgan fingerprint density at radius 2 is 1.87 bits per heavy atom. The van der Waals surface area contributed by atoms with Crippen molar-refractivity contribution in [1.82, 2.24) is 15.1 Å². The van der Waals surface area contributed by atoms with Crippen LogP contribution in [0.25, 0.3) is 33.7 Å². The van der Waals surface area contributed by atoms with Gasteiger partial charge in [0.1, 0.15) is 11.4 Å². The van der Waals surface area contributed by atoms with Gasteiger partial charge < -0.3 is 9.63 Å². The summed E-state index contributed by atoms with van der Waals surface area (Å²) in [5.41, 5.74) is 1.11. The summed E-state index contributed by atoms with van der Waals surface area (Å²) in [4.78, 5) is 8.64.